The predicted octanol–water partition coefficient (Wildman–Crippen LogP) is 5.56. The number of nitrogens with zero attached hydrogens (tertiary/aromatic N) is 2. The Bertz CT molecular complexity index is 1910. The molecular formula is C41H47N5O7. The molecular weight excluding hydrogens is 674 g/mol. The normalized spacial score (nSPS) is 14.9. The molecule has 3 amide bonds. The predicted molar refractivity (Wildman–Crippen MR) is 202 cm³/mol. The fourth-order valence-corrected chi connectivity index (χ4v) is 6.04. The summed E-state index contributed by atoms with van der Waals surface area (Å²) in [7, 11) is 0. The molecule has 1 aliphatic heterocycles. The van der Waals surface area contributed by atoms with Crippen molar-refractivity contribution in [1.82, 2.24) is 15.5 Å². The summed E-state index contributed by atoms with van der Waals surface area (Å²) < 4.78 is 11.0. The Morgan fingerprint density at radius 2 is 1.55 bits per heavy atom. The van der Waals surface area contributed by atoms with E-state index in [1.807, 2.05) is 79.4 Å². The number of hydrogen-bond acceptors (Lipinski definition) is 9. The topological polar surface area (TPSA) is 164 Å². The standard InChI is InChI=1S/C41H47N5O7/c1-28(2)14-13-23-41(51,39(49)53-33-19-8-5-9-20-33)44-37(47)35(43-40(50)52-26-30-15-6-4-7-16-30)24-32-25-45(38(48)29(3)42)27-46(32)36-22-12-18-31-17-10-11-21-34(31)36/h4-12,15-22,25,28-29,35,51H,13-14,23-24,26-27,42H2,1-3H3,(H,43,50)(H,44,47)/t29-,35+,41?/m0/s1. The molecule has 1 aliphatic rings. The van der Waals surface area contributed by atoms with Gasteiger partial charge in [0.2, 0.25) is 17.5 Å². The van der Waals surface area contributed by atoms with Gasteiger partial charge in [-0.3, -0.25) is 14.5 Å². The molecule has 0 saturated carbocycles. The second kappa shape index (κ2) is 17.7. The van der Waals surface area contributed by atoms with E-state index < -0.39 is 35.8 Å². The second-order valence-electron chi connectivity index (χ2n) is 13.6. The van der Waals surface area contributed by atoms with Crippen LogP contribution in [0.2, 0.25) is 0 Å². The second-order valence-corrected chi connectivity index (χ2v) is 13.6. The largest absolute Gasteiger partial charge is 0.445 e. The van der Waals surface area contributed by atoms with Gasteiger partial charge in [-0.25, -0.2) is 9.59 Å². The summed E-state index contributed by atoms with van der Waals surface area (Å²) in [6.07, 6.45) is 1.46. The van der Waals surface area contributed by atoms with E-state index in [-0.39, 0.29) is 43.7 Å². The molecule has 12 heteroatoms. The van der Waals surface area contributed by atoms with Crippen molar-refractivity contribution in [3.8, 4) is 5.75 Å². The Morgan fingerprint density at radius 1 is 0.887 bits per heavy atom. The zero-order chi connectivity index (χ0) is 38.0. The number of nitrogens with one attached hydrogen (secondary N) is 2. The van der Waals surface area contributed by atoms with E-state index >= 15 is 0 Å². The van der Waals surface area contributed by atoms with Crippen LogP contribution in [-0.2, 0) is 25.7 Å². The third kappa shape index (κ3) is 10.2. The van der Waals surface area contributed by atoms with Crippen molar-refractivity contribution >= 4 is 40.3 Å². The highest BCUT2D eigenvalue weighted by atomic mass is 16.6. The van der Waals surface area contributed by atoms with Crippen LogP contribution in [0.25, 0.3) is 10.8 Å². The highest BCUT2D eigenvalue weighted by Crippen LogP contribution is 2.34. The van der Waals surface area contributed by atoms with Crippen LogP contribution in [0.1, 0.15) is 52.0 Å². The van der Waals surface area contributed by atoms with E-state index in [9.17, 15) is 24.3 Å². The zero-order valence-electron chi connectivity index (χ0n) is 30.2. The van der Waals surface area contributed by atoms with E-state index in [0.29, 0.717) is 18.5 Å². The Kier molecular flexibility index (Phi) is 12.8. The quantitative estimate of drug-likeness (QED) is 0.0700. The van der Waals surface area contributed by atoms with Crippen molar-refractivity contribution in [3.63, 3.8) is 0 Å². The van der Waals surface area contributed by atoms with Gasteiger partial charge in [-0.15, -0.1) is 0 Å². The van der Waals surface area contributed by atoms with Crippen molar-refractivity contribution in [2.75, 3.05) is 11.6 Å². The number of aliphatic hydroxyl groups is 1. The highest BCUT2D eigenvalue weighted by molar-refractivity contribution is 5.96. The molecule has 5 N–H and O–H groups in total. The summed E-state index contributed by atoms with van der Waals surface area (Å²) in [6.45, 7) is 5.64. The summed E-state index contributed by atoms with van der Waals surface area (Å²) >= 11 is 0. The van der Waals surface area contributed by atoms with Crippen LogP contribution in [0.15, 0.2) is 115 Å². The van der Waals surface area contributed by atoms with Gasteiger partial charge < -0.3 is 35.8 Å². The molecule has 4 aromatic rings. The van der Waals surface area contributed by atoms with Gasteiger partial charge in [-0.1, -0.05) is 105 Å². The Hall–Kier alpha value is -5.72. The molecule has 3 atom stereocenters. The third-order valence-electron chi connectivity index (χ3n) is 8.85. The molecule has 53 heavy (non-hydrogen) atoms. The average Bonchev–Trinajstić information content (AvgIpc) is 3.57. The maximum Gasteiger partial charge on any atom is 0.408 e. The molecule has 278 valence electrons. The molecule has 0 fully saturated rings. The number of hydrogen-bond donors (Lipinski definition) is 4. The first kappa shape index (κ1) is 38.5. The van der Waals surface area contributed by atoms with Crippen molar-refractivity contribution in [3.05, 3.63) is 121 Å². The van der Waals surface area contributed by atoms with Gasteiger partial charge >= 0.3 is 12.1 Å². The van der Waals surface area contributed by atoms with Gasteiger partial charge in [0.25, 0.3) is 0 Å². The molecule has 1 unspecified atom stereocenters. The van der Waals surface area contributed by atoms with E-state index in [4.69, 9.17) is 15.2 Å². The minimum absolute atomic E-state index is 0.0644. The molecule has 12 nitrogen and oxygen atoms in total. The number of esters is 1. The maximum atomic E-state index is 14.3. The number of rotatable bonds is 15. The number of benzene rings is 4. The fraction of sp³-hybridized carbons (Fsp3) is 0.317. The van der Waals surface area contributed by atoms with Gasteiger partial charge in [0.05, 0.1) is 11.7 Å². The molecule has 0 saturated heterocycles. The lowest BCUT2D eigenvalue weighted by molar-refractivity contribution is -0.164. The van der Waals surface area contributed by atoms with Crippen LogP contribution < -0.4 is 26.0 Å². The molecule has 0 aromatic heterocycles. The number of carbonyl (C=O) groups is 4. The molecule has 0 aliphatic carbocycles. The first-order valence-electron chi connectivity index (χ1n) is 17.7. The summed E-state index contributed by atoms with van der Waals surface area (Å²) in [6, 6.07) is 28.6. The number of nitrogens with two attached hydrogens (primary N) is 1. The Morgan fingerprint density at radius 3 is 2.25 bits per heavy atom. The highest BCUT2D eigenvalue weighted by Gasteiger charge is 2.42. The Labute approximate surface area is 309 Å². The first-order valence-corrected chi connectivity index (χ1v) is 17.7. The van der Waals surface area contributed by atoms with Crippen molar-refractivity contribution < 1.29 is 33.8 Å². The minimum Gasteiger partial charge on any atom is -0.445 e. The number of para-hydroxylation sites is 1. The van der Waals surface area contributed by atoms with Crippen LogP contribution in [0, 0.1) is 5.92 Å². The number of alkyl carbamates (subject to hydrolysis) is 1. The SMILES string of the molecule is CC(C)CCCC(O)(NC(=O)[C@@H](CC1=CN(C(=O)[C@H](C)N)CN1c1cccc2ccccc12)NC(=O)OCc1ccccc1)C(=O)Oc1ccccc1. The van der Waals surface area contributed by atoms with Crippen LogP contribution in [0.5, 0.6) is 5.75 Å². The smallest absolute Gasteiger partial charge is 0.408 e. The fourth-order valence-electron chi connectivity index (χ4n) is 6.04. The van der Waals surface area contributed by atoms with Crippen LogP contribution in [-0.4, -0.2) is 58.4 Å². The summed E-state index contributed by atoms with van der Waals surface area (Å²) in [5, 5.41) is 18.8. The maximum absolute atomic E-state index is 14.3. The number of fused-ring (bicyclic) bond motifs is 1. The average molecular weight is 722 g/mol. The van der Waals surface area contributed by atoms with Gasteiger partial charge in [0.1, 0.15) is 25.1 Å². The van der Waals surface area contributed by atoms with E-state index in [1.54, 1.807) is 55.6 Å². The molecule has 1 heterocycles. The molecule has 4 aromatic carbocycles. The summed E-state index contributed by atoms with van der Waals surface area (Å²) in [5.41, 5.74) is 5.55. The summed E-state index contributed by atoms with van der Waals surface area (Å²) in [4.78, 5) is 57.7. The van der Waals surface area contributed by atoms with Crippen LogP contribution in [0.3, 0.4) is 0 Å². The lowest BCUT2D eigenvalue weighted by Gasteiger charge is -2.31. The lowest BCUT2D eigenvalue weighted by atomic mass is 9.99. The van der Waals surface area contributed by atoms with Gasteiger partial charge in [-0.2, -0.15) is 0 Å². The van der Waals surface area contributed by atoms with Crippen molar-refractivity contribution in [2.24, 2.45) is 11.7 Å². The van der Waals surface area contributed by atoms with Crippen molar-refractivity contribution in [2.45, 2.75) is 70.9 Å². The molecule has 0 radical (unpaired) electrons. The Balaban J connectivity index is 1.47. The van der Waals surface area contributed by atoms with E-state index in [0.717, 1.165) is 22.0 Å². The third-order valence-corrected chi connectivity index (χ3v) is 8.85. The number of anilines is 1. The van der Waals surface area contributed by atoms with Gasteiger partial charge in [-0.05, 0) is 48.4 Å². The van der Waals surface area contributed by atoms with Gasteiger partial charge in [0.15, 0.2) is 0 Å². The summed E-state index contributed by atoms with van der Waals surface area (Å²) in [5.74, 6) is -1.82. The monoisotopic (exact) mass is 721 g/mol. The zero-order valence-corrected chi connectivity index (χ0v) is 30.2. The van der Waals surface area contributed by atoms with Crippen LogP contribution >= 0.6 is 0 Å². The molecule has 5 rings (SSSR count). The molecule has 0 spiro atoms. The van der Waals surface area contributed by atoms with Crippen LogP contribution in [0.4, 0.5) is 10.5 Å². The number of carbonyl (C=O) groups excluding carboxylic acids is 4. The first-order chi connectivity index (χ1) is 25.4. The lowest BCUT2D eigenvalue weighted by Crippen LogP contribution is -2.60. The minimum atomic E-state index is -2.44. The van der Waals surface area contributed by atoms with E-state index in [2.05, 4.69) is 10.6 Å². The van der Waals surface area contributed by atoms with E-state index in [1.165, 1.54) is 4.90 Å². The number of ether oxygens (including phenoxy) is 2. The molecule has 0 bridgehead atoms. The number of amides is 3. The van der Waals surface area contributed by atoms with Crippen molar-refractivity contribution in [1.29, 1.82) is 0 Å². The van der Waals surface area contributed by atoms with Gasteiger partial charge in [0, 0.05) is 30.1 Å².